The minimum atomic E-state index is -0.794. The van der Waals surface area contributed by atoms with E-state index in [-0.39, 0.29) is 16.7 Å². The van der Waals surface area contributed by atoms with E-state index < -0.39 is 30.3 Å². The van der Waals surface area contributed by atoms with Crippen molar-refractivity contribution in [1.82, 2.24) is 0 Å². The molecule has 0 unspecified atom stereocenters. The molecule has 1 aliphatic rings. The molecule has 1 heterocycles. The molecule has 3 aromatic carbocycles. The minimum absolute atomic E-state index is 0.0581. The summed E-state index contributed by atoms with van der Waals surface area (Å²) in [7, 11) is 0. The Bertz CT molecular complexity index is 1320. The lowest BCUT2D eigenvalue weighted by Crippen LogP contribution is -2.29. The number of hydrogen-bond acceptors (Lipinski definition) is 5. The van der Waals surface area contributed by atoms with Crippen LogP contribution in [0.1, 0.15) is 42.2 Å². The van der Waals surface area contributed by atoms with Gasteiger partial charge in [-0.15, -0.1) is 0 Å². The zero-order chi connectivity index (χ0) is 23.7. The van der Waals surface area contributed by atoms with Gasteiger partial charge in [0.1, 0.15) is 0 Å². The first-order chi connectivity index (χ1) is 15.8. The minimum Gasteiger partial charge on any atom is -0.452 e. The highest BCUT2D eigenvalue weighted by molar-refractivity contribution is 6.35. The molecule has 1 N–H and O–H groups in total. The summed E-state index contributed by atoms with van der Waals surface area (Å²) in [5.41, 5.74) is 2.96. The van der Waals surface area contributed by atoms with Crippen molar-refractivity contribution < 1.29 is 23.9 Å². The fraction of sp³-hybridized carbons (Fsp3) is 0.120. The quantitative estimate of drug-likeness (QED) is 0.443. The Kier molecular flexibility index (Phi) is 5.98. The molecule has 0 saturated heterocycles. The predicted molar refractivity (Wildman–Crippen MR) is 124 cm³/mol. The van der Waals surface area contributed by atoms with E-state index in [4.69, 9.17) is 16.3 Å². The topological polar surface area (TPSA) is 92.8 Å². The largest absolute Gasteiger partial charge is 0.452 e. The van der Waals surface area contributed by atoms with Crippen molar-refractivity contribution in [2.24, 2.45) is 0 Å². The number of imide groups is 1. The Balaban J connectivity index is 1.46. The fourth-order valence-corrected chi connectivity index (χ4v) is 3.81. The van der Waals surface area contributed by atoms with Gasteiger partial charge in [-0.05, 0) is 61.4 Å². The number of fused-ring (bicyclic) bond motifs is 1. The van der Waals surface area contributed by atoms with Crippen LogP contribution in [0.2, 0.25) is 5.02 Å². The highest BCUT2D eigenvalue weighted by Crippen LogP contribution is 2.31. The number of carbonyl (C=O) groups excluding carboxylic acids is 4. The second-order valence-electron chi connectivity index (χ2n) is 7.60. The van der Waals surface area contributed by atoms with Crippen LogP contribution in [0.5, 0.6) is 0 Å². The van der Waals surface area contributed by atoms with Gasteiger partial charge in [0.25, 0.3) is 17.7 Å². The van der Waals surface area contributed by atoms with Gasteiger partial charge in [-0.2, -0.15) is 0 Å². The lowest BCUT2D eigenvalue weighted by Gasteiger charge is -2.16. The van der Waals surface area contributed by atoms with E-state index in [1.54, 1.807) is 43.3 Å². The van der Waals surface area contributed by atoms with Gasteiger partial charge in [-0.1, -0.05) is 35.9 Å². The van der Waals surface area contributed by atoms with Crippen molar-refractivity contribution in [2.45, 2.75) is 13.8 Å². The Labute approximate surface area is 194 Å². The first-order valence-corrected chi connectivity index (χ1v) is 10.5. The molecule has 166 valence electrons. The number of carbonyl (C=O) groups is 4. The summed E-state index contributed by atoms with van der Waals surface area (Å²) >= 11 is 6.09. The number of esters is 1. The number of anilines is 2. The van der Waals surface area contributed by atoms with Gasteiger partial charge in [0, 0.05) is 0 Å². The van der Waals surface area contributed by atoms with Gasteiger partial charge in [0.15, 0.2) is 6.61 Å². The van der Waals surface area contributed by atoms with E-state index in [1.807, 2.05) is 13.0 Å². The monoisotopic (exact) mass is 462 g/mol. The predicted octanol–water partition coefficient (Wildman–Crippen LogP) is 4.55. The van der Waals surface area contributed by atoms with Gasteiger partial charge >= 0.3 is 5.97 Å². The summed E-state index contributed by atoms with van der Waals surface area (Å²) in [6, 6.07) is 16.3. The van der Waals surface area contributed by atoms with Crippen molar-refractivity contribution in [1.29, 1.82) is 0 Å². The third-order valence-electron chi connectivity index (χ3n) is 5.21. The molecule has 0 fully saturated rings. The number of nitrogens with zero attached hydrogens (tertiary/aromatic N) is 1. The first-order valence-electron chi connectivity index (χ1n) is 10.1. The molecule has 0 bridgehead atoms. The summed E-state index contributed by atoms with van der Waals surface area (Å²) in [5.74, 6) is -2.34. The van der Waals surface area contributed by atoms with Gasteiger partial charge in [0.2, 0.25) is 0 Å². The Morgan fingerprint density at radius 2 is 1.67 bits per heavy atom. The van der Waals surface area contributed by atoms with Crippen molar-refractivity contribution in [2.75, 3.05) is 16.8 Å². The molecule has 0 radical (unpaired) electrons. The lowest BCUT2D eigenvalue weighted by atomic mass is 10.1. The summed E-state index contributed by atoms with van der Waals surface area (Å²) < 4.78 is 5.07. The number of para-hydroxylation sites is 1. The van der Waals surface area contributed by atoms with Crippen LogP contribution >= 0.6 is 11.6 Å². The second kappa shape index (κ2) is 8.88. The third-order valence-corrected chi connectivity index (χ3v) is 5.52. The summed E-state index contributed by atoms with van der Waals surface area (Å²) in [4.78, 5) is 51.4. The molecule has 0 aromatic heterocycles. The number of ether oxygens (including phenoxy) is 1. The van der Waals surface area contributed by atoms with Crippen LogP contribution in [0.15, 0.2) is 60.7 Å². The Morgan fingerprint density at radius 3 is 2.39 bits per heavy atom. The van der Waals surface area contributed by atoms with Crippen LogP contribution in [0.3, 0.4) is 0 Å². The molecular weight excluding hydrogens is 444 g/mol. The molecule has 7 nitrogen and oxygen atoms in total. The number of amides is 3. The second-order valence-corrected chi connectivity index (χ2v) is 8.01. The smallest absolute Gasteiger partial charge is 0.338 e. The van der Waals surface area contributed by atoms with E-state index in [0.717, 1.165) is 16.0 Å². The number of halogens is 1. The molecule has 1 aliphatic heterocycles. The zero-order valence-corrected chi connectivity index (χ0v) is 18.6. The summed E-state index contributed by atoms with van der Waals surface area (Å²) in [5, 5.41) is 2.94. The van der Waals surface area contributed by atoms with E-state index in [9.17, 15) is 19.2 Å². The first kappa shape index (κ1) is 22.2. The van der Waals surface area contributed by atoms with Gasteiger partial charge in [-0.3, -0.25) is 14.4 Å². The van der Waals surface area contributed by atoms with Crippen molar-refractivity contribution in [3.63, 3.8) is 0 Å². The number of hydrogen-bond donors (Lipinski definition) is 1. The van der Waals surface area contributed by atoms with Gasteiger partial charge < -0.3 is 10.1 Å². The Hall–Kier alpha value is -3.97. The highest BCUT2D eigenvalue weighted by atomic mass is 35.5. The maximum atomic E-state index is 12.9. The van der Waals surface area contributed by atoms with Crippen molar-refractivity contribution in [3.05, 3.63) is 93.5 Å². The lowest BCUT2D eigenvalue weighted by molar-refractivity contribution is -0.119. The van der Waals surface area contributed by atoms with E-state index in [0.29, 0.717) is 16.4 Å². The van der Waals surface area contributed by atoms with E-state index >= 15 is 0 Å². The van der Waals surface area contributed by atoms with Crippen molar-refractivity contribution in [3.8, 4) is 0 Å². The maximum absolute atomic E-state index is 12.9. The number of benzene rings is 3. The molecule has 8 heteroatoms. The fourth-order valence-electron chi connectivity index (χ4n) is 3.52. The number of nitrogens with one attached hydrogen (secondary N) is 1. The van der Waals surface area contributed by atoms with Crippen LogP contribution in [0.25, 0.3) is 0 Å². The van der Waals surface area contributed by atoms with Crippen LogP contribution in [-0.2, 0) is 9.53 Å². The van der Waals surface area contributed by atoms with Crippen LogP contribution < -0.4 is 10.2 Å². The normalized spacial score (nSPS) is 12.5. The highest BCUT2D eigenvalue weighted by Gasteiger charge is 2.37. The molecule has 0 aliphatic carbocycles. The number of rotatable bonds is 5. The van der Waals surface area contributed by atoms with Crippen LogP contribution in [-0.4, -0.2) is 30.3 Å². The van der Waals surface area contributed by atoms with Crippen LogP contribution in [0, 0.1) is 13.8 Å². The molecule has 0 spiro atoms. The standard InChI is InChI=1S/C25H19ClN2O5/c1-14-7-10-20(19(26)11-14)27-22(29)13-33-25(32)16-8-9-17-18(12-16)24(31)28(23(17)30)21-6-4-3-5-15(21)2/h3-12H,13H2,1-2H3,(H,27,29). The zero-order valence-electron chi connectivity index (χ0n) is 17.8. The molecule has 4 rings (SSSR count). The summed E-state index contributed by atoms with van der Waals surface area (Å²) in [6.07, 6.45) is 0. The summed E-state index contributed by atoms with van der Waals surface area (Å²) in [6.45, 7) is 3.13. The molecular formula is C25H19ClN2O5. The third kappa shape index (κ3) is 4.36. The molecule has 0 atom stereocenters. The Morgan fingerprint density at radius 1 is 0.939 bits per heavy atom. The molecule has 3 aromatic rings. The van der Waals surface area contributed by atoms with Crippen LogP contribution in [0.4, 0.5) is 11.4 Å². The van der Waals surface area contributed by atoms with Gasteiger partial charge in [0.05, 0.1) is 33.1 Å². The van der Waals surface area contributed by atoms with Crippen molar-refractivity contribution >= 4 is 46.7 Å². The SMILES string of the molecule is Cc1ccc(NC(=O)COC(=O)c2ccc3c(c2)C(=O)N(c2ccccc2C)C3=O)c(Cl)c1. The maximum Gasteiger partial charge on any atom is 0.338 e. The molecule has 0 saturated carbocycles. The molecule has 3 amide bonds. The molecule has 33 heavy (non-hydrogen) atoms. The number of aryl methyl sites for hydroxylation is 2. The van der Waals surface area contributed by atoms with E-state index in [1.165, 1.54) is 18.2 Å². The average molecular weight is 463 g/mol. The van der Waals surface area contributed by atoms with E-state index in [2.05, 4.69) is 5.32 Å². The average Bonchev–Trinajstić information content (AvgIpc) is 3.04. The van der Waals surface area contributed by atoms with Gasteiger partial charge in [-0.25, -0.2) is 9.69 Å².